The predicted octanol–water partition coefficient (Wildman–Crippen LogP) is 1.90. The Morgan fingerprint density at radius 1 is 1.35 bits per heavy atom. The summed E-state index contributed by atoms with van der Waals surface area (Å²) in [5.74, 6) is -3.03. The number of carboxylic acid groups (broad SMARTS) is 1. The molecule has 174 valence electrons. The molecule has 1 aliphatic heterocycles. The summed E-state index contributed by atoms with van der Waals surface area (Å²) in [4.78, 5) is 27.1. The van der Waals surface area contributed by atoms with Gasteiger partial charge in [-0.3, -0.25) is 9.78 Å². The maximum Gasteiger partial charge on any atom is 0.490 e. The number of aromatic nitrogens is 1. The summed E-state index contributed by atoms with van der Waals surface area (Å²) in [5, 5.41) is 7.12. The molecule has 1 saturated heterocycles. The lowest BCUT2D eigenvalue weighted by Crippen LogP contribution is -2.37. The third kappa shape index (κ3) is 7.46. The lowest BCUT2D eigenvalue weighted by atomic mass is 9.81. The van der Waals surface area contributed by atoms with Crippen molar-refractivity contribution in [1.29, 1.82) is 0 Å². The van der Waals surface area contributed by atoms with Crippen molar-refractivity contribution in [1.82, 2.24) is 9.88 Å². The molecule has 31 heavy (non-hydrogen) atoms. The van der Waals surface area contributed by atoms with Gasteiger partial charge >= 0.3 is 12.1 Å². The van der Waals surface area contributed by atoms with E-state index in [2.05, 4.69) is 4.98 Å². The van der Waals surface area contributed by atoms with E-state index in [-0.39, 0.29) is 11.3 Å². The lowest BCUT2D eigenvalue weighted by Gasteiger charge is -2.28. The Morgan fingerprint density at radius 2 is 2.03 bits per heavy atom. The number of carbonyl (C=O) groups excluding carboxylic acids is 1. The van der Waals surface area contributed by atoms with Gasteiger partial charge < -0.3 is 14.7 Å². The van der Waals surface area contributed by atoms with E-state index in [9.17, 15) is 26.4 Å². The number of alkyl halides is 3. The van der Waals surface area contributed by atoms with Crippen LogP contribution >= 0.6 is 0 Å². The summed E-state index contributed by atoms with van der Waals surface area (Å²) in [5.41, 5.74) is 0.869. The number of pyridine rings is 1. The molecule has 0 bridgehead atoms. The minimum absolute atomic E-state index is 0.0258. The van der Waals surface area contributed by atoms with Gasteiger partial charge in [0.25, 0.3) is 0 Å². The number of aliphatic carboxylic acids is 1. The Morgan fingerprint density at radius 3 is 2.58 bits per heavy atom. The van der Waals surface area contributed by atoms with Crippen LogP contribution in [0.2, 0.25) is 0 Å². The average Bonchev–Trinajstić information content (AvgIpc) is 3.18. The number of hydrogen-bond acceptors (Lipinski definition) is 6. The standard InChI is InChI=1S/C17H24N2O4S.C2HF3O2/c1-24(21,22)11-16(20)19-9-14-5-4-7-17(14,12-19)13-23-10-15-6-2-3-8-18-15;3-2(4,5)1(6)7/h2-3,6,8,14H,4-5,7,9-13H2,1H3;(H,6,7)/t14-,17+;/m1./s1. The van der Waals surface area contributed by atoms with Crippen LogP contribution in [-0.2, 0) is 30.8 Å². The molecule has 1 aromatic heterocycles. The normalized spacial score (nSPS) is 23.1. The fourth-order valence-electron chi connectivity index (χ4n) is 4.00. The van der Waals surface area contributed by atoms with Gasteiger partial charge in [0.05, 0.1) is 18.9 Å². The van der Waals surface area contributed by atoms with Crippen molar-refractivity contribution < 1.29 is 41.0 Å². The molecule has 2 aliphatic rings. The lowest BCUT2D eigenvalue weighted by molar-refractivity contribution is -0.192. The number of amides is 1. The first-order valence-electron chi connectivity index (χ1n) is 9.56. The molecule has 2 heterocycles. The van der Waals surface area contributed by atoms with Crippen molar-refractivity contribution in [2.24, 2.45) is 11.3 Å². The molecular formula is C19H25F3N2O6S. The Bertz CT molecular complexity index is 878. The number of rotatable bonds is 6. The fourth-order valence-corrected chi connectivity index (χ4v) is 4.63. The number of hydrogen-bond donors (Lipinski definition) is 1. The molecule has 0 radical (unpaired) electrons. The minimum Gasteiger partial charge on any atom is -0.475 e. The maximum absolute atomic E-state index is 12.2. The molecule has 1 saturated carbocycles. The van der Waals surface area contributed by atoms with Crippen LogP contribution in [0.25, 0.3) is 0 Å². The van der Waals surface area contributed by atoms with Crippen LogP contribution < -0.4 is 0 Å². The first-order chi connectivity index (χ1) is 14.3. The zero-order valence-electron chi connectivity index (χ0n) is 17.0. The summed E-state index contributed by atoms with van der Waals surface area (Å²) in [6, 6.07) is 5.74. The second-order valence-electron chi connectivity index (χ2n) is 7.91. The molecule has 12 heteroatoms. The van der Waals surface area contributed by atoms with E-state index in [0.29, 0.717) is 32.2 Å². The Labute approximate surface area is 178 Å². The molecule has 1 N–H and O–H groups in total. The number of nitrogens with zero attached hydrogens (tertiary/aromatic N) is 2. The van der Waals surface area contributed by atoms with Crippen LogP contribution in [0.1, 0.15) is 25.0 Å². The second-order valence-corrected chi connectivity index (χ2v) is 10.1. The molecule has 3 rings (SSSR count). The van der Waals surface area contributed by atoms with Crippen LogP contribution in [0, 0.1) is 11.3 Å². The van der Waals surface area contributed by atoms with Crippen molar-refractivity contribution in [3.05, 3.63) is 30.1 Å². The third-order valence-electron chi connectivity index (χ3n) is 5.39. The van der Waals surface area contributed by atoms with Gasteiger partial charge in [0, 0.05) is 31.0 Å². The molecule has 0 spiro atoms. The highest BCUT2D eigenvalue weighted by molar-refractivity contribution is 7.91. The number of fused-ring (bicyclic) bond motifs is 1. The number of carboxylic acids is 1. The van der Waals surface area contributed by atoms with E-state index in [1.807, 2.05) is 18.2 Å². The van der Waals surface area contributed by atoms with Crippen LogP contribution in [0.4, 0.5) is 13.2 Å². The summed E-state index contributed by atoms with van der Waals surface area (Å²) in [6.07, 6.45) is 1.02. The van der Waals surface area contributed by atoms with Gasteiger partial charge in [0.2, 0.25) is 5.91 Å². The van der Waals surface area contributed by atoms with Gasteiger partial charge in [-0.15, -0.1) is 0 Å². The first kappa shape index (κ1) is 25.1. The molecule has 1 aliphatic carbocycles. The van der Waals surface area contributed by atoms with Crippen LogP contribution in [-0.4, -0.2) is 73.2 Å². The smallest absolute Gasteiger partial charge is 0.475 e. The van der Waals surface area contributed by atoms with E-state index >= 15 is 0 Å². The van der Waals surface area contributed by atoms with Crippen molar-refractivity contribution >= 4 is 21.7 Å². The number of halogens is 3. The highest BCUT2D eigenvalue weighted by atomic mass is 32.2. The van der Waals surface area contributed by atoms with Crippen LogP contribution in [0.15, 0.2) is 24.4 Å². The van der Waals surface area contributed by atoms with Gasteiger partial charge in [-0.1, -0.05) is 12.5 Å². The summed E-state index contributed by atoms with van der Waals surface area (Å²) < 4.78 is 60.4. The van der Waals surface area contributed by atoms with Gasteiger partial charge in [-0.2, -0.15) is 13.2 Å². The van der Waals surface area contributed by atoms with Crippen molar-refractivity contribution in [3.63, 3.8) is 0 Å². The van der Waals surface area contributed by atoms with Gasteiger partial charge in [0.15, 0.2) is 9.84 Å². The largest absolute Gasteiger partial charge is 0.490 e. The van der Waals surface area contributed by atoms with Crippen LogP contribution in [0.3, 0.4) is 0 Å². The maximum atomic E-state index is 12.2. The van der Waals surface area contributed by atoms with E-state index in [0.717, 1.165) is 31.2 Å². The second kappa shape index (κ2) is 9.94. The van der Waals surface area contributed by atoms with Crippen molar-refractivity contribution in [2.45, 2.75) is 32.0 Å². The molecular weight excluding hydrogens is 441 g/mol. The third-order valence-corrected chi connectivity index (χ3v) is 6.16. The van der Waals surface area contributed by atoms with Gasteiger partial charge in [-0.05, 0) is 30.9 Å². The number of carbonyl (C=O) groups is 2. The highest BCUT2D eigenvalue weighted by Crippen LogP contribution is 2.49. The molecule has 1 aromatic rings. The van der Waals surface area contributed by atoms with Crippen LogP contribution in [0.5, 0.6) is 0 Å². The Balaban J connectivity index is 0.000000423. The quantitative estimate of drug-likeness (QED) is 0.681. The average molecular weight is 466 g/mol. The zero-order valence-corrected chi connectivity index (χ0v) is 17.8. The van der Waals surface area contributed by atoms with E-state index in [4.69, 9.17) is 14.6 Å². The predicted molar refractivity (Wildman–Crippen MR) is 104 cm³/mol. The summed E-state index contributed by atoms with van der Waals surface area (Å²) in [7, 11) is -3.29. The van der Waals surface area contributed by atoms with Crippen molar-refractivity contribution in [3.8, 4) is 0 Å². The molecule has 8 nitrogen and oxygen atoms in total. The van der Waals surface area contributed by atoms with Crippen molar-refractivity contribution in [2.75, 3.05) is 31.7 Å². The molecule has 0 aromatic carbocycles. The first-order valence-corrected chi connectivity index (χ1v) is 11.6. The summed E-state index contributed by atoms with van der Waals surface area (Å²) >= 11 is 0. The highest BCUT2D eigenvalue weighted by Gasteiger charge is 2.50. The SMILES string of the molecule is CS(=O)(=O)CC(=O)N1C[C@H]2CCC[C@@]2(COCc2ccccn2)C1.O=C(O)C(F)(F)F. The summed E-state index contributed by atoms with van der Waals surface area (Å²) in [6.45, 7) is 2.32. The molecule has 1 amide bonds. The zero-order chi connectivity index (χ0) is 23.3. The van der Waals surface area contributed by atoms with E-state index in [1.165, 1.54) is 0 Å². The van der Waals surface area contributed by atoms with Gasteiger partial charge in [-0.25, -0.2) is 13.2 Å². The number of likely N-dealkylation sites (tertiary alicyclic amines) is 1. The number of ether oxygens (including phenoxy) is 1. The van der Waals surface area contributed by atoms with E-state index in [1.54, 1.807) is 11.1 Å². The molecule has 2 fully saturated rings. The molecule has 2 atom stereocenters. The monoisotopic (exact) mass is 466 g/mol. The fraction of sp³-hybridized carbons (Fsp3) is 0.632. The van der Waals surface area contributed by atoms with Gasteiger partial charge in [0.1, 0.15) is 5.75 Å². The Kier molecular flexibility index (Phi) is 8.04. The Hall–Kier alpha value is -2.21. The number of sulfone groups is 1. The minimum atomic E-state index is -5.08. The topological polar surface area (TPSA) is 114 Å². The molecule has 0 unspecified atom stereocenters. The van der Waals surface area contributed by atoms with E-state index < -0.39 is 27.7 Å².